The molecule has 5 rings (SSSR count). The van der Waals surface area contributed by atoms with E-state index in [4.69, 9.17) is 9.47 Å². The van der Waals surface area contributed by atoms with Crippen molar-refractivity contribution in [3.8, 4) is 22.9 Å². The number of hydrogen-bond donors (Lipinski definition) is 0. The largest absolute Gasteiger partial charge is 0.493 e. The van der Waals surface area contributed by atoms with Crippen LogP contribution in [0.25, 0.3) is 11.3 Å². The Balaban J connectivity index is 1.18. The second-order valence-corrected chi connectivity index (χ2v) is 9.46. The molecule has 0 bridgehead atoms. The van der Waals surface area contributed by atoms with Crippen molar-refractivity contribution in [2.75, 3.05) is 19.8 Å². The number of nitrogens with zero attached hydrogens (tertiary/aromatic N) is 4. The number of ketones is 1. The Morgan fingerprint density at radius 3 is 2.61 bits per heavy atom. The van der Waals surface area contributed by atoms with E-state index in [0.29, 0.717) is 72.6 Å². The molecule has 8 nitrogen and oxygen atoms in total. The van der Waals surface area contributed by atoms with E-state index in [-0.39, 0.29) is 23.5 Å². The van der Waals surface area contributed by atoms with Crippen molar-refractivity contribution < 1.29 is 23.5 Å². The number of hydrogen-bond acceptors (Lipinski definition) is 7. The number of carbonyl (C=O) groups is 2. The molecule has 0 radical (unpaired) electrons. The van der Waals surface area contributed by atoms with Gasteiger partial charge in [0.15, 0.2) is 5.78 Å². The smallest absolute Gasteiger partial charge is 0.256 e. The van der Waals surface area contributed by atoms with Crippen LogP contribution in [-0.4, -0.2) is 58.6 Å². The Hall–Kier alpha value is -4.14. The van der Waals surface area contributed by atoms with E-state index in [1.54, 1.807) is 37.3 Å². The number of aliphatic imine (C=N–C) groups is 1. The van der Waals surface area contributed by atoms with E-state index in [1.165, 1.54) is 19.1 Å². The summed E-state index contributed by atoms with van der Waals surface area (Å²) in [4.78, 5) is 40.5. The second-order valence-electron chi connectivity index (χ2n) is 9.46. The van der Waals surface area contributed by atoms with Crippen molar-refractivity contribution in [1.82, 2.24) is 14.9 Å². The van der Waals surface area contributed by atoms with Crippen LogP contribution in [0.15, 0.2) is 47.5 Å². The highest BCUT2D eigenvalue weighted by Gasteiger charge is 2.32. The summed E-state index contributed by atoms with van der Waals surface area (Å²) in [5.41, 5.74) is 2.80. The van der Waals surface area contributed by atoms with Crippen molar-refractivity contribution in [2.24, 2.45) is 4.99 Å². The number of rotatable bonds is 9. The summed E-state index contributed by atoms with van der Waals surface area (Å²) >= 11 is 0. The Bertz CT molecular complexity index is 1390. The molecule has 2 aromatic carbocycles. The summed E-state index contributed by atoms with van der Waals surface area (Å²) in [6.45, 7) is 4.74. The zero-order valence-corrected chi connectivity index (χ0v) is 21.4. The lowest BCUT2D eigenvalue weighted by atomic mass is 10.0. The molecule has 0 aliphatic carbocycles. The summed E-state index contributed by atoms with van der Waals surface area (Å²) < 4.78 is 25.0. The molecule has 1 fully saturated rings. The molecule has 9 heteroatoms. The lowest BCUT2D eigenvalue weighted by Crippen LogP contribution is -2.35. The van der Waals surface area contributed by atoms with Gasteiger partial charge in [0.1, 0.15) is 17.4 Å². The van der Waals surface area contributed by atoms with Crippen molar-refractivity contribution in [3.05, 3.63) is 65.2 Å². The first-order chi connectivity index (χ1) is 18.4. The molecule has 0 unspecified atom stereocenters. The van der Waals surface area contributed by atoms with E-state index in [1.807, 2.05) is 11.1 Å². The van der Waals surface area contributed by atoms with E-state index in [2.05, 4.69) is 15.0 Å². The fourth-order valence-electron chi connectivity index (χ4n) is 4.71. The number of Topliss-reactive ketones (excluding diaryl/α,β-unsaturated/α-hetero) is 1. The monoisotopic (exact) mass is 516 g/mol. The van der Waals surface area contributed by atoms with Crippen LogP contribution >= 0.6 is 0 Å². The van der Waals surface area contributed by atoms with Crippen LogP contribution in [0.1, 0.15) is 59.1 Å². The van der Waals surface area contributed by atoms with Gasteiger partial charge in [0.2, 0.25) is 5.88 Å². The van der Waals surface area contributed by atoms with Crippen molar-refractivity contribution in [3.63, 3.8) is 0 Å². The van der Waals surface area contributed by atoms with Gasteiger partial charge in [0.25, 0.3) is 5.91 Å². The Morgan fingerprint density at radius 2 is 1.84 bits per heavy atom. The average Bonchev–Trinajstić information content (AvgIpc) is 3.33. The minimum absolute atomic E-state index is 0.00508. The van der Waals surface area contributed by atoms with Gasteiger partial charge in [0.05, 0.1) is 41.8 Å². The second kappa shape index (κ2) is 11.1. The van der Waals surface area contributed by atoms with Gasteiger partial charge in [-0.05, 0) is 69.9 Å². The number of amides is 1. The first kappa shape index (κ1) is 25.5. The maximum absolute atomic E-state index is 13.2. The molecular formula is C29H29FN4O4. The third-order valence-corrected chi connectivity index (χ3v) is 6.65. The molecule has 3 heterocycles. The topological polar surface area (TPSA) is 94.0 Å². The van der Waals surface area contributed by atoms with Gasteiger partial charge in [-0.15, -0.1) is 0 Å². The Labute approximate surface area is 220 Å². The average molecular weight is 517 g/mol. The SMILES string of the molecule is CC(=O)c1cc2c(cc1OCCCCOc1cc(-c3ccc(F)cc3)nc(C)n1)N=C[C@@H]1CCCN1C2=O. The molecule has 2 aliphatic heterocycles. The predicted octanol–water partition coefficient (Wildman–Crippen LogP) is 5.35. The molecule has 1 aromatic heterocycles. The van der Waals surface area contributed by atoms with Gasteiger partial charge in [-0.2, -0.15) is 4.98 Å². The molecule has 3 aromatic rings. The molecule has 38 heavy (non-hydrogen) atoms. The molecule has 1 atom stereocenters. The van der Waals surface area contributed by atoms with Crippen LogP contribution in [0, 0.1) is 12.7 Å². The fourth-order valence-corrected chi connectivity index (χ4v) is 4.71. The minimum atomic E-state index is -0.305. The maximum atomic E-state index is 13.2. The number of benzene rings is 2. The van der Waals surface area contributed by atoms with Gasteiger partial charge < -0.3 is 14.4 Å². The number of halogens is 1. The van der Waals surface area contributed by atoms with Gasteiger partial charge in [0, 0.05) is 30.5 Å². The molecular weight excluding hydrogens is 487 g/mol. The standard InChI is InChI=1S/C29H29FN4O4/c1-18(35)23-14-24-26(31-17-22-6-5-11-34(22)29(24)36)15-27(23)37-12-3-4-13-38-28-16-25(32-19(2)33-28)20-7-9-21(30)10-8-20/h7-10,14-17,22H,3-6,11-13H2,1-2H3/t22-/m0/s1. The third kappa shape index (κ3) is 5.56. The Kier molecular flexibility index (Phi) is 7.44. The number of unbranched alkanes of at least 4 members (excludes halogenated alkanes) is 1. The normalized spacial score (nSPS) is 16.1. The van der Waals surface area contributed by atoms with Gasteiger partial charge >= 0.3 is 0 Å². The highest BCUT2D eigenvalue weighted by molar-refractivity contribution is 6.06. The highest BCUT2D eigenvalue weighted by atomic mass is 19.1. The number of aryl methyl sites for hydroxylation is 1. The number of aromatic nitrogens is 2. The molecule has 1 saturated heterocycles. The van der Waals surface area contributed by atoms with E-state index in [0.717, 1.165) is 18.4 Å². The molecule has 0 saturated carbocycles. The lowest BCUT2D eigenvalue weighted by molar-refractivity contribution is 0.0775. The van der Waals surface area contributed by atoms with E-state index < -0.39 is 0 Å². The molecule has 196 valence electrons. The summed E-state index contributed by atoms with van der Waals surface area (Å²) in [6.07, 6.45) is 5.05. The van der Waals surface area contributed by atoms with Crippen molar-refractivity contribution in [2.45, 2.75) is 45.6 Å². The fraction of sp³-hybridized carbons (Fsp3) is 0.345. The summed E-state index contributed by atoms with van der Waals surface area (Å²) in [5, 5.41) is 0. The molecule has 0 spiro atoms. The maximum Gasteiger partial charge on any atom is 0.256 e. The van der Waals surface area contributed by atoms with Crippen molar-refractivity contribution >= 4 is 23.6 Å². The van der Waals surface area contributed by atoms with Gasteiger partial charge in [-0.3, -0.25) is 14.6 Å². The zero-order valence-electron chi connectivity index (χ0n) is 21.4. The predicted molar refractivity (Wildman–Crippen MR) is 141 cm³/mol. The van der Waals surface area contributed by atoms with Crippen LogP contribution in [0.4, 0.5) is 10.1 Å². The first-order valence-corrected chi connectivity index (χ1v) is 12.8. The van der Waals surface area contributed by atoms with Crippen molar-refractivity contribution in [1.29, 1.82) is 0 Å². The number of ether oxygens (including phenoxy) is 2. The molecule has 2 aliphatic rings. The van der Waals surface area contributed by atoms with Crippen LogP contribution in [0.5, 0.6) is 11.6 Å². The van der Waals surface area contributed by atoms with Gasteiger partial charge in [-0.1, -0.05) is 0 Å². The van der Waals surface area contributed by atoms with E-state index in [9.17, 15) is 14.0 Å². The van der Waals surface area contributed by atoms with Crippen LogP contribution in [-0.2, 0) is 0 Å². The third-order valence-electron chi connectivity index (χ3n) is 6.65. The highest BCUT2D eigenvalue weighted by Crippen LogP contribution is 2.34. The quantitative estimate of drug-likeness (QED) is 0.281. The number of carbonyl (C=O) groups excluding carboxylic acids is 2. The van der Waals surface area contributed by atoms with Crippen LogP contribution in [0.3, 0.4) is 0 Å². The van der Waals surface area contributed by atoms with Crippen LogP contribution in [0.2, 0.25) is 0 Å². The summed E-state index contributed by atoms with van der Waals surface area (Å²) in [6, 6.07) is 11.2. The van der Waals surface area contributed by atoms with Crippen LogP contribution < -0.4 is 9.47 Å². The lowest BCUT2D eigenvalue weighted by Gasteiger charge is -2.20. The first-order valence-electron chi connectivity index (χ1n) is 12.8. The molecule has 1 amide bonds. The molecule has 0 N–H and O–H groups in total. The summed E-state index contributed by atoms with van der Waals surface area (Å²) in [5.74, 6) is 0.882. The summed E-state index contributed by atoms with van der Waals surface area (Å²) in [7, 11) is 0. The van der Waals surface area contributed by atoms with E-state index >= 15 is 0 Å². The Morgan fingerprint density at radius 1 is 1.08 bits per heavy atom. The van der Waals surface area contributed by atoms with Gasteiger partial charge in [-0.25, -0.2) is 9.37 Å². The zero-order chi connectivity index (χ0) is 26.6. The minimum Gasteiger partial charge on any atom is -0.493 e. The number of fused-ring (bicyclic) bond motifs is 2.